The monoisotopic (exact) mass is 278 g/mol. The van der Waals surface area contributed by atoms with Gasteiger partial charge >= 0.3 is 0 Å². The van der Waals surface area contributed by atoms with E-state index in [4.69, 9.17) is 15.6 Å². The van der Waals surface area contributed by atoms with Crippen molar-refractivity contribution in [3.63, 3.8) is 0 Å². The van der Waals surface area contributed by atoms with Crippen molar-refractivity contribution in [1.29, 1.82) is 0 Å². The van der Waals surface area contributed by atoms with E-state index in [-0.39, 0.29) is 12.5 Å². The summed E-state index contributed by atoms with van der Waals surface area (Å²) in [6.45, 7) is 4.50. The van der Waals surface area contributed by atoms with Gasteiger partial charge in [0.1, 0.15) is 5.75 Å². The highest BCUT2D eigenvalue weighted by Gasteiger charge is 2.01. The topological polar surface area (TPSA) is 84.6 Å². The van der Waals surface area contributed by atoms with Gasteiger partial charge in [-0.2, -0.15) is 0 Å². The van der Waals surface area contributed by atoms with Gasteiger partial charge in [0.15, 0.2) is 0 Å². The third-order valence-corrected chi connectivity index (χ3v) is 2.49. The van der Waals surface area contributed by atoms with Crippen molar-refractivity contribution < 1.29 is 14.6 Å². The Labute approximate surface area is 119 Å². The Hall–Kier alpha value is -2.01. The van der Waals surface area contributed by atoms with Crippen molar-refractivity contribution in [2.45, 2.75) is 26.4 Å². The lowest BCUT2D eigenvalue weighted by Crippen LogP contribution is -2.28. The van der Waals surface area contributed by atoms with Crippen molar-refractivity contribution in [3.8, 4) is 5.75 Å². The van der Waals surface area contributed by atoms with E-state index < -0.39 is 6.10 Å². The van der Waals surface area contributed by atoms with Gasteiger partial charge in [-0.1, -0.05) is 13.0 Å². The van der Waals surface area contributed by atoms with Gasteiger partial charge in [-0.05, 0) is 37.1 Å². The predicted octanol–water partition coefficient (Wildman–Crippen LogP) is 1.57. The number of nitrogens with one attached hydrogen (secondary N) is 1. The lowest BCUT2D eigenvalue weighted by atomic mass is 10.1. The molecule has 0 aromatic heterocycles. The Bertz CT molecular complexity index is 470. The fraction of sp³-hybridized carbons (Fsp3) is 0.400. The molecule has 0 saturated carbocycles. The third kappa shape index (κ3) is 5.75. The molecule has 1 atom stereocenters. The number of nitrogens with two attached hydrogens (primary N) is 1. The lowest BCUT2D eigenvalue weighted by Gasteiger charge is -2.08. The molecule has 1 rings (SSSR count). The number of anilines is 1. The first kappa shape index (κ1) is 16.0. The van der Waals surface area contributed by atoms with Crippen molar-refractivity contribution in [3.05, 3.63) is 29.8 Å². The molecule has 0 saturated heterocycles. The van der Waals surface area contributed by atoms with Gasteiger partial charge in [-0.15, -0.1) is 0 Å². The minimum absolute atomic E-state index is 0.231. The maximum Gasteiger partial charge on any atom is 0.244 e. The quantitative estimate of drug-likeness (QED) is 0.522. The number of amides is 1. The molecular weight excluding hydrogens is 256 g/mol. The summed E-state index contributed by atoms with van der Waals surface area (Å²) in [6.07, 6.45) is 3.43. The van der Waals surface area contributed by atoms with Crippen LogP contribution >= 0.6 is 0 Å². The maximum absolute atomic E-state index is 11.4. The molecule has 0 aliphatic heterocycles. The molecule has 0 heterocycles. The van der Waals surface area contributed by atoms with E-state index in [2.05, 4.69) is 5.32 Å². The zero-order chi connectivity index (χ0) is 15.0. The van der Waals surface area contributed by atoms with Crippen molar-refractivity contribution in [2.24, 2.45) is 0 Å². The first-order chi connectivity index (χ1) is 9.52. The Morgan fingerprint density at radius 3 is 2.90 bits per heavy atom. The van der Waals surface area contributed by atoms with Crippen LogP contribution in [0, 0.1) is 0 Å². The van der Waals surface area contributed by atoms with E-state index in [9.17, 15) is 4.79 Å². The third-order valence-electron chi connectivity index (χ3n) is 2.49. The molecule has 5 heteroatoms. The molecule has 0 fully saturated rings. The number of nitrogen functional groups attached to an aromatic ring is 1. The van der Waals surface area contributed by atoms with E-state index in [1.807, 2.05) is 13.0 Å². The number of hydrogen-bond donors (Lipinski definition) is 3. The molecule has 20 heavy (non-hydrogen) atoms. The highest BCUT2D eigenvalue weighted by atomic mass is 16.5. The van der Waals surface area contributed by atoms with Crippen LogP contribution in [0.4, 0.5) is 5.69 Å². The highest BCUT2D eigenvalue weighted by molar-refractivity contribution is 5.91. The number of hydrogen-bond acceptors (Lipinski definition) is 4. The number of carbonyl (C=O) groups is 1. The standard InChI is InChI=1S/C15H22N2O3/c1-3-8-20-14-6-4-12(9-13(14)16)5-7-15(19)17-10-11(2)18/h4-7,9,11,18H,3,8,10,16H2,1-2H3,(H,17,19)/b7-5-. The fourth-order valence-electron chi connectivity index (χ4n) is 1.49. The van der Waals surface area contributed by atoms with Crippen LogP contribution < -0.4 is 15.8 Å². The predicted molar refractivity (Wildman–Crippen MR) is 80.4 cm³/mol. The Morgan fingerprint density at radius 1 is 1.55 bits per heavy atom. The van der Waals surface area contributed by atoms with Crippen molar-refractivity contribution in [1.82, 2.24) is 5.32 Å². The first-order valence-electron chi connectivity index (χ1n) is 6.69. The van der Waals surface area contributed by atoms with Gasteiger partial charge in [0.2, 0.25) is 5.91 Å². The summed E-state index contributed by atoms with van der Waals surface area (Å²) < 4.78 is 5.48. The second kappa shape index (κ2) is 8.22. The Balaban J connectivity index is 2.60. The van der Waals surface area contributed by atoms with Gasteiger partial charge in [-0.3, -0.25) is 4.79 Å². The summed E-state index contributed by atoms with van der Waals surface area (Å²) in [6, 6.07) is 5.38. The van der Waals surface area contributed by atoms with Crippen LogP contribution in [0.3, 0.4) is 0 Å². The fourth-order valence-corrected chi connectivity index (χ4v) is 1.49. The number of aliphatic hydroxyl groups is 1. The average Bonchev–Trinajstić information content (AvgIpc) is 2.41. The van der Waals surface area contributed by atoms with Gasteiger partial charge in [-0.25, -0.2) is 0 Å². The molecular formula is C15H22N2O3. The maximum atomic E-state index is 11.4. The highest BCUT2D eigenvalue weighted by Crippen LogP contribution is 2.23. The zero-order valence-corrected chi connectivity index (χ0v) is 11.9. The lowest BCUT2D eigenvalue weighted by molar-refractivity contribution is -0.116. The SMILES string of the molecule is CCCOc1ccc(/C=C\C(=O)NCC(C)O)cc1N. The molecule has 0 spiro atoms. The van der Waals surface area contributed by atoms with E-state index >= 15 is 0 Å². The van der Waals surface area contributed by atoms with Crippen molar-refractivity contribution >= 4 is 17.7 Å². The summed E-state index contributed by atoms with van der Waals surface area (Å²) >= 11 is 0. The number of ether oxygens (including phenoxy) is 1. The smallest absolute Gasteiger partial charge is 0.244 e. The first-order valence-corrected chi connectivity index (χ1v) is 6.69. The molecule has 1 aromatic rings. The van der Waals surface area contributed by atoms with E-state index in [0.29, 0.717) is 18.0 Å². The van der Waals surface area contributed by atoms with Crippen LogP contribution in [0.1, 0.15) is 25.8 Å². The number of aliphatic hydroxyl groups excluding tert-OH is 1. The zero-order valence-electron chi connectivity index (χ0n) is 11.9. The van der Waals surface area contributed by atoms with Crippen LogP contribution in [0.5, 0.6) is 5.75 Å². The molecule has 1 unspecified atom stereocenters. The molecule has 0 aliphatic carbocycles. The molecule has 1 aromatic carbocycles. The Morgan fingerprint density at radius 2 is 2.30 bits per heavy atom. The van der Waals surface area contributed by atoms with E-state index in [0.717, 1.165) is 12.0 Å². The van der Waals surface area contributed by atoms with Crippen LogP contribution in [-0.4, -0.2) is 30.3 Å². The average molecular weight is 278 g/mol. The molecule has 1 amide bonds. The van der Waals surface area contributed by atoms with Crippen LogP contribution in [0.25, 0.3) is 6.08 Å². The summed E-state index contributed by atoms with van der Waals surface area (Å²) in [5.41, 5.74) is 7.24. The summed E-state index contributed by atoms with van der Waals surface area (Å²) in [4.78, 5) is 11.4. The largest absolute Gasteiger partial charge is 0.491 e. The summed E-state index contributed by atoms with van der Waals surface area (Å²) in [7, 11) is 0. The number of carbonyl (C=O) groups excluding carboxylic acids is 1. The molecule has 4 N–H and O–H groups in total. The minimum Gasteiger partial charge on any atom is -0.491 e. The van der Waals surface area contributed by atoms with Crippen LogP contribution in [-0.2, 0) is 4.79 Å². The van der Waals surface area contributed by atoms with Gasteiger partial charge < -0.3 is 20.9 Å². The second-order valence-electron chi connectivity index (χ2n) is 4.57. The van der Waals surface area contributed by atoms with Gasteiger partial charge in [0.25, 0.3) is 0 Å². The van der Waals surface area contributed by atoms with Gasteiger partial charge in [0, 0.05) is 12.6 Å². The van der Waals surface area contributed by atoms with Crippen LogP contribution in [0.2, 0.25) is 0 Å². The van der Waals surface area contributed by atoms with Gasteiger partial charge in [0.05, 0.1) is 18.4 Å². The van der Waals surface area contributed by atoms with E-state index in [1.165, 1.54) is 6.08 Å². The molecule has 110 valence electrons. The van der Waals surface area contributed by atoms with Crippen molar-refractivity contribution in [2.75, 3.05) is 18.9 Å². The summed E-state index contributed by atoms with van der Waals surface area (Å²) in [5.74, 6) is 0.401. The number of rotatable bonds is 7. The van der Waals surface area contributed by atoms with Crippen LogP contribution in [0.15, 0.2) is 24.3 Å². The number of benzene rings is 1. The minimum atomic E-state index is -0.557. The molecule has 0 radical (unpaired) electrons. The molecule has 5 nitrogen and oxygen atoms in total. The van der Waals surface area contributed by atoms with E-state index in [1.54, 1.807) is 25.1 Å². The molecule has 0 aliphatic rings. The Kier molecular flexibility index (Phi) is 6.59. The summed E-state index contributed by atoms with van der Waals surface area (Å²) in [5, 5.41) is 11.6. The second-order valence-corrected chi connectivity index (χ2v) is 4.57. The molecule has 0 bridgehead atoms. The normalized spacial score (nSPS) is 12.3.